The number of allylic oxidation sites excluding steroid dienone is 20. The number of carbonyl (C=O) groups excluding carboxylic acids is 3. The first-order valence-corrected chi connectivity index (χ1v) is 46.8. The van der Waals surface area contributed by atoms with Gasteiger partial charge in [0.1, 0.15) is 25.4 Å². The highest BCUT2D eigenvalue weighted by molar-refractivity contribution is 7.47. The molecule has 630 valence electrons. The van der Waals surface area contributed by atoms with Gasteiger partial charge < -0.3 is 34.2 Å². The van der Waals surface area contributed by atoms with E-state index < -0.39 is 91.5 Å². The number of phosphoric ester groups is 2. The molecule has 0 rings (SSSR count). The highest BCUT2D eigenvalue weighted by Crippen LogP contribution is 2.45. The van der Waals surface area contributed by atoms with Crippen LogP contribution in [-0.2, 0) is 55.8 Å². The Balaban J connectivity index is 4.42. The summed E-state index contributed by atoms with van der Waals surface area (Å²) in [5.74, 6) is -1.57. The molecule has 0 aromatic heterocycles. The SMILES string of the molecule is CC/C=C\C/C=C\C/C=C\C/C=C\C/C=C\C/C=C\CCCCCCCCCCC(=O)OCC(COP(=O)(O)OCC(O)COP(=O)(O)OCC(O)COC(=O)CCCCCCCCCCCCCCCCCCC/C=C\C/C=C\C/C=C\C/C=C\CCCCC)OC(=O)CCCCCCCCCCCCCCC. The van der Waals surface area contributed by atoms with E-state index in [4.69, 9.17) is 32.3 Å². The van der Waals surface area contributed by atoms with Gasteiger partial charge in [0.15, 0.2) is 6.10 Å². The Kier molecular flexibility index (Phi) is 80.3. The number of hydrogen-bond acceptors (Lipinski definition) is 14. The third kappa shape index (κ3) is 84.7. The standard InChI is InChI=1S/C91H160O16P2/c1-4-7-10-13-16-19-22-25-27-29-31-33-35-37-39-40-41-42-43-44-46-48-49-51-53-55-57-60-62-65-68-71-74-77-89(94)101-80-86(92)81-103-108(97,98)104-82-87(93)83-105-109(99,100)106-85-88(107-91(96)79-76-73-70-67-64-59-24-21-18-15-12-9-6-3)84-102-90(95)78-75-72-69-66-63-61-58-56-54-52-50-47-45-38-36-34-32-30-28-26-23-20-17-14-11-8-5-2/h8,11,16-17,19-20,25-28,31-34,37-39,45,50,52,86-88,92-93H,4-7,9-10,12-15,18,21-24,29-30,35-36,40-44,46-49,51,53-85H2,1-3H3,(H,97,98)(H,99,100)/b11-8-,19-16-,20-17-,27-25-,28-26-,33-31-,34-32-,39-37-,45-38-,52-50-. The van der Waals surface area contributed by atoms with E-state index in [0.29, 0.717) is 19.3 Å². The van der Waals surface area contributed by atoms with E-state index in [1.54, 1.807) is 0 Å². The van der Waals surface area contributed by atoms with Gasteiger partial charge in [0.05, 0.1) is 26.4 Å². The molecule has 0 amide bonds. The molecule has 0 spiro atoms. The molecule has 0 aliphatic heterocycles. The molecule has 0 heterocycles. The lowest BCUT2D eigenvalue weighted by Gasteiger charge is -2.21. The molecule has 0 aromatic carbocycles. The van der Waals surface area contributed by atoms with Gasteiger partial charge in [0.25, 0.3) is 0 Å². The Labute approximate surface area is 665 Å². The van der Waals surface area contributed by atoms with Gasteiger partial charge in [-0.1, -0.05) is 367 Å². The zero-order valence-electron chi connectivity index (χ0n) is 69.2. The van der Waals surface area contributed by atoms with Crippen LogP contribution in [-0.4, -0.2) is 95.9 Å². The van der Waals surface area contributed by atoms with E-state index in [2.05, 4.69) is 142 Å². The van der Waals surface area contributed by atoms with Crippen molar-refractivity contribution in [2.75, 3.05) is 39.6 Å². The molecule has 16 nitrogen and oxygen atoms in total. The van der Waals surface area contributed by atoms with Crippen molar-refractivity contribution in [1.82, 2.24) is 0 Å². The highest BCUT2D eigenvalue weighted by atomic mass is 31.2. The van der Waals surface area contributed by atoms with Crippen LogP contribution in [0.1, 0.15) is 380 Å². The van der Waals surface area contributed by atoms with Crippen LogP contribution in [0.25, 0.3) is 0 Å². The maximum Gasteiger partial charge on any atom is 0.472 e. The molecular weight excluding hydrogens is 1410 g/mol. The molecule has 0 radical (unpaired) electrons. The average Bonchev–Trinajstić information content (AvgIpc) is 0.906. The van der Waals surface area contributed by atoms with E-state index in [-0.39, 0.29) is 19.3 Å². The van der Waals surface area contributed by atoms with Crippen LogP contribution in [0.2, 0.25) is 0 Å². The summed E-state index contributed by atoms with van der Waals surface area (Å²) in [6.07, 6.45) is 101. The van der Waals surface area contributed by atoms with Gasteiger partial charge >= 0.3 is 33.6 Å². The Hall–Kier alpha value is -4.05. The number of rotatable bonds is 83. The van der Waals surface area contributed by atoms with Crippen molar-refractivity contribution in [1.29, 1.82) is 0 Å². The Morgan fingerprint density at radius 3 is 0.789 bits per heavy atom. The molecule has 0 aliphatic rings. The fourth-order valence-corrected chi connectivity index (χ4v) is 13.6. The first-order chi connectivity index (χ1) is 53.2. The highest BCUT2D eigenvalue weighted by Gasteiger charge is 2.29. The van der Waals surface area contributed by atoms with Crippen LogP contribution in [0.3, 0.4) is 0 Å². The Morgan fingerprint density at radius 1 is 0.266 bits per heavy atom. The molecule has 5 unspecified atom stereocenters. The number of hydrogen-bond donors (Lipinski definition) is 4. The molecule has 109 heavy (non-hydrogen) atoms. The van der Waals surface area contributed by atoms with Crippen molar-refractivity contribution in [2.45, 2.75) is 399 Å². The number of ether oxygens (including phenoxy) is 3. The quantitative estimate of drug-likeness (QED) is 0.0146. The summed E-state index contributed by atoms with van der Waals surface area (Å²) in [4.78, 5) is 58.8. The van der Waals surface area contributed by atoms with Gasteiger partial charge in [-0.2, -0.15) is 0 Å². The van der Waals surface area contributed by atoms with Crippen molar-refractivity contribution in [3.8, 4) is 0 Å². The van der Waals surface area contributed by atoms with Crippen LogP contribution in [0, 0.1) is 0 Å². The summed E-state index contributed by atoms with van der Waals surface area (Å²) in [6.45, 7) is 2.58. The summed E-state index contributed by atoms with van der Waals surface area (Å²) in [5.41, 5.74) is 0. The lowest BCUT2D eigenvalue weighted by molar-refractivity contribution is -0.161. The average molecular weight is 1570 g/mol. The lowest BCUT2D eigenvalue weighted by atomic mass is 10.0. The molecule has 0 saturated carbocycles. The summed E-state index contributed by atoms with van der Waals surface area (Å²) in [7, 11) is -9.79. The molecule has 0 aromatic rings. The topological polar surface area (TPSA) is 231 Å². The van der Waals surface area contributed by atoms with Crippen molar-refractivity contribution in [2.24, 2.45) is 0 Å². The summed E-state index contributed by atoms with van der Waals surface area (Å²) < 4.78 is 61.3. The maximum atomic E-state index is 13.0. The number of aliphatic hydroxyl groups excluding tert-OH is 2. The first-order valence-electron chi connectivity index (χ1n) is 43.8. The summed E-state index contributed by atoms with van der Waals surface area (Å²) in [6, 6.07) is 0. The Morgan fingerprint density at radius 2 is 0.486 bits per heavy atom. The van der Waals surface area contributed by atoms with E-state index in [1.165, 1.54) is 186 Å². The minimum atomic E-state index is -4.93. The molecule has 0 fully saturated rings. The van der Waals surface area contributed by atoms with Crippen molar-refractivity contribution in [3.05, 3.63) is 122 Å². The van der Waals surface area contributed by atoms with Gasteiger partial charge in [-0.25, -0.2) is 9.13 Å². The van der Waals surface area contributed by atoms with E-state index >= 15 is 0 Å². The number of aliphatic hydroxyl groups is 2. The van der Waals surface area contributed by atoms with Crippen LogP contribution in [0.15, 0.2) is 122 Å². The van der Waals surface area contributed by atoms with Gasteiger partial charge in [0, 0.05) is 19.3 Å². The number of esters is 3. The number of unbranched alkanes of at least 4 members (excludes halogenated alkanes) is 40. The fraction of sp³-hybridized carbons (Fsp3) is 0.747. The van der Waals surface area contributed by atoms with Gasteiger partial charge in [-0.05, 0) is 116 Å². The van der Waals surface area contributed by atoms with Crippen LogP contribution in [0.4, 0.5) is 0 Å². The number of carbonyl (C=O) groups is 3. The molecule has 0 saturated heterocycles. The largest absolute Gasteiger partial charge is 0.472 e. The molecule has 0 aliphatic carbocycles. The van der Waals surface area contributed by atoms with Crippen LogP contribution >= 0.6 is 15.6 Å². The predicted octanol–water partition coefficient (Wildman–Crippen LogP) is 26.4. The summed E-state index contributed by atoms with van der Waals surface area (Å²) >= 11 is 0. The minimum Gasteiger partial charge on any atom is -0.463 e. The smallest absolute Gasteiger partial charge is 0.463 e. The normalized spacial score (nSPS) is 14.4. The van der Waals surface area contributed by atoms with E-state index in [1.807, 2.05) is 0 Å². The van der Waals surface area contributed by atoms with Crippen molar-refractivity contribution < 1.29 is 75.8 Å². The number of phosphoric acid groups is 2. The second kappa shape index (κ2) is 83.4. The van der Waals surface area contributed by atoms with Gasteiger partial charge in [0.2, 0.25) is 0 Å². The Bertz CT molecular complexity index is 2460. The third-order valence-electron chi connectivity index (χ3n) is 18.7. The van der Waals surface area contributed by atoms with Crippen molar-refractivity contribution >= 4 is 33.6 Å². The van der Waals surface area contributed by atoms with Gasteiger partial charge in [-0.3, -0.25) is 32.5 Å². The van der Waals surface area contributed by atoms with Gasteiger partial charge in [-0.15, -0.1) is 0 Å². The summed E-state index contributed by atoms with van der Waals surface area (Å²) in [5, 5.41) is 20.7. The molecule has 4 N–H and O–H groups in total. The molecule has 18 heteroatoms. The fourth-order valence-electron chi connectivity index (χ4n) is 12.0. The maximum absolute atomic E-state index is 13.0. The monoisotopic (exact) mass is 1570 g/mol. The second-order valence-corrected chi connectivity index (χ2v) is 32.2. The zero-order valence-corrected chi connectivity index (χ0v) is 71.0. The van der Waals surface area contributed by atoms with Crippen LogP contribution in [0.5, 0.6) is 0 Å². The third-order valence-corrected chi connectivity index (χ3v) is 20.6. The lowest BCUT2D eigenvalue weighted by Crippen LogP contribution is -2.30. The molecular formula is C91H160O16P2. The first kappa shape index (κ1) is 105. The van der Waals surface area contributed by atoms with E-state index in [9.17, 15) is 43.5 Å². The molecule has 5 atom stereocenters. The van der Waals surface area contributed by atoms with Crippen molar-refractivity contribution in [3.63, 3.8) is 0 Å². The molecule has 0 bridgehead atoms. The predicted molar refractivity (Wildman–Crippen MR) is 454 cm³/mol. The minimum absolute atomic E-state index is 0.105. The second-order valence-electron chi connectivity index (χ2n) is 29.3. The van der Waals surface area contributed by atoms with E-state index in [0.717, 1.165) is 135 Å². The van der Waals surface area contributed by atoms with Crippen LogP contribution < -0.4 is 0 Å². The zero-order chi connectivity index (χ0) is 79.4.